The van der Waals surface area contributed by atoms with Crippen LogP contribution in [0.15, 0.2) is 18.6 Å². The highest BCUT2D eigenvalue weighted by Gasteiger charge is 2.23. The van der Waals surface area contributed by atoms with Crippen LogP contribution in [0.5, 0.6) is 0 Å². The molecule has 0 saturated carbocycles. The zero-order valence-electron chi connectivity index (χ0n) is 15.2. The largest absolute Gasteiger partial charge is 0.380 e. The predicted octanol–water partition coefficient (Wildman–Crippen LogP) is 3.50. The van der Waals surface area contributed by atoms with E-state index in [0.29, 0.717) is 18.1 Å². The van der Waals surface area contributed by atoms with Crippen molar-refractivity contribution in [2.24, 2.45) is 0 Å². The van der Waals surface area contributed by atoms with Gasteiger partial charge >= 0.3 is 0 Å². The van der Waals surface area contributed by atoms with Crippen LogP contribution in [0.2, 0.25) is 0 Å². The highest BCUT2D eigenvalue weighted by molar-refractivity contribution is 7.19. The Morgan fingerprint density at radius 1 is 1.19 bits per heavy atom. The first kappa shape index (κ1) is 17.3. The van der Waals surface area contributed by atoms with Gasteiger partial charge < -0.3 is 9.64 Å². The van der Waals surface area contributed by atoms with Crippen LogP contribution in [0.3, 0.4) is 0 Å². The van der Waals surface area contributed by atoms with Crippen LogP contribution in [0, 0.1) is 0 Å². The summed E-state index contributed by atoms with van der Waals surface area (Å²) in [4.78, 5) is 23.0. The van der Waals surface area contributed by atoms with E-state index in [9.17, 15) is 0 Å². The van der Waals surface area contributed by atoms with Crippen LogP contribution in [0.4, 0.5) is 5.82 Å². The van der Waals surface area contributed by atoms with Crippen molar-refractivity contribution in [1.82, 2.24) is 19.9 Å². The minimum Gasteiger partial charge on any atom is -0.380 e. The quantitative estimate of drug-likeness (QED) is 0.620. The maximum Gasteiger partial charge on any atom is 0.183 e. The molecule has 0 N–H and O–H groups in total. The van der Waals surface area contributed by atoms with Gasteiger partial charge in [-0.05, 0) is 38.2 Å². The number of anilines is 1. The van der Waals surface area contributed by atoms with Gasteiger partial charge in [0, 0.05) is 37.5 Å². The average Bonchev–Trinajstić information content (AvgIpc) is 3.06. The van der Waals surface area contributed by atoms with E-state index in [0.717, 1.165) is 36.6 Å². The van der Waals surface area contributed by atoms with E-state index in [1.165, 1.54) is 28.7 Å². The summed E-state index contributed by atoms with van der Waals surface area (Å²) in [5, 5.41) is 1.22. The van der Waals surface area contributed by atoms with Crippen LogP contribution < -0.4 is 4.90 Å². The Labute approximate surface area is 157 Å². The van der Waals surface area contributed by atoms with Crippen LogP contribution >= 0.6 is 11.3 Å². The Hall–Kier alpha value is -2.12. The first-order valence-corrected chi connectivity index (χ1v) is 9.97. The number of fused-ring (bicyclic) bond motifs is 3. The molecule has 1 aliphatic rings. The molecule has 3 heterocycles. The van der Waals surface area contributed by atoms with E-state index in [1.807, 2.05) is 18.3 Å². The summed E-state index contributed by atoms with van der Waals surface area (Å²) >= 11 is 1.81. The molecule has 0 bridgehead atoms. The van der Waals surface area contributed by atoms with Gasteiger partial charge in [-0.3, -0.25) is 4.98 Å². The van der Waals surface area contributed by atoms with Crippen LogP contribution in [0.25, 0.3) is 21.7 Å². The molecule has 0 fully saturated rings. The van der Waals surface area contributed by atoms with Gasteiger partial charge in [-0.2, -0.15) is 0 Å². The molecule has 0 radical (unpaired) electrons. The molecule has 7 heteroatoms. The van der Waals surface area contributed by atoms with Crippen LogP contribution in [0.1, 0.15) is 30.2 Å². The molecule has 0 unspecified atom stereocenters. The van der Waals surface area contributed by atoms with E-state index < -0.39 is 0 Å². The molecule has 136 valence electrons. The molecule has 0 aliphatic heterocycles. The van der Waals surface area contributed by atoms with Gasteiger partial charge in [0.05, 0.1) is 18.2 Å². The molecular weight excluding hydrogens is 346 g/mol. The van der Waals surface area contributed by atoms with Crippen LogP contribution in [-0.4, -0.2) is 46.7 Å². The van der Waals surface area contributed by atoms with Crippen molar-refractivity contribution >= 4 is 27.4 Å². The summed E-state index contributed by atoms with van der Waals surface area (Å²) in [6.45, 7) is 4.23. The smallest absolute Gasteiger partial charge is 0.183 e. The zero-order valence-corrected chi connectivity index (χ0v) is 16.1. The summed E-state index contributed by atoms with van der Waals surface area (Å²) in [6.07, 6.45) is 9.85. The number of aromatic nitrogens is 4. The van der Waals surface area contributed by atoms with Gasteiger partial charge in [-0.25, -0.2) is 15.0 Å². The lowest BCUT2D eigenvalue weighted by molar-refractivity contribution is 0.154. The molecule has 1 aliphatic carbocycles. The van der Waals surface area contributed by atoms with E-state index >= 15 is 0 Å². The summed E-state index contributed by atoms with van der Waals surface area (Å²) in [5.41, 5.74) is 2.15. The third-order valence-corrected chi connectivity index (χ3v) is 5.91. The lowest BCUT2D eigenvalue weighted by Gasteiger charge is -2.21. The van der Waals surface area contributed by atoms with Crippen molar-refractivity contribution in [3.8, 4) is 11.5 Å². The Morgan fingerprint density at radius 3 is 2.88 bits per heavy atom. The number of thiophene rings is 1. The van der Waals surface area contributed by atoms with Crippen molar-refractivity contribution in [3.63, 3.8) is 0 Å². The minimum atomic E-state index is 0.641. The highest BCUT2D eigenvalue weighted by atomic mass is 32.1. The normalized spacial score (nSPS) is 13.8. The van der Waals surface area contributed by atoms with E-state index in [-0.39, 0.29) is 0 Å². The van der Waals surface area contributed by atoms with Gasteiger partial charge in [0.1, 0.15) is 16.3 Å². The van der Waals surface area contributed by atoms with Gasteiger partial charge in [0.15, 0.2) is 5.82 Å². The number of hydrogen-bond donors (Lipinski definition) is 0. The fraction of sp³-hybridized carbons (Fsp3) is 0.474. The Bertz CT molecular complexity index is 896. The third-order valence-electron chi connectivity index (χ3n) is 4.72. The first-order valence-electron chi connectivity index (χ1n) is 9.15. The lowest BCUT2D eigenvalue weighted by Crippen LogP contribution is -2.24. The molecule has 0 amide bonds. The molecule has 26 heavy (non-hydrogen) atoms. The SMILES string of the molecule is CCOCCN(C)c1nc(-c2cnccn2)nc2sc3c(c12)CCCC3. The molecule has 0 spiro atoms. The average molecular weight is 369 g/mol. The molecule has 0 atom stereocenters. The maximum atomic E-state index is 5.54. The second kappa shape index (κ2) is 7.63. The fourth-order valence-corrected chi connectivity index (χ4v) is 4.65. The number of ether oxygens (including phenoxy) is 1. The molecular formula is C19H23N5OS. The minimum absolute atomic E-state index is 0.641. The molecule has 6 nitrogen and oxygen atoms in total. The second-order valence-corrected chi connectivity index (χ2v) is 7.55. The topological polar surface area (TPSA) is 64.0 Å². The number of hydrogen-bond acceptors (Lipinski definition) is 7. The first-order chi connectivity index (χ1) is 12.8. The highest BCUT2D eigenvalue weighted by Crippen LogP contribution is 2.40. The Morgan fingerprint density at radius 2 is 2.08 bits per heavy atom. The van der Waals surface area contributed by atoms with Gasteiger partial charge in [0.2, 0.25) is 0 Å². The summed E-state index contributed by atoms with van der Waals surface area (Å²) in [6, 6.07) is 0. The van der Waals surface area contributed by atoms with Gasteiger partial charge in [0.25, 0.3) is 0 Å². The van der Waals surface area contributed by atoms with Crippen molar-refractivity contribution in [1.29, 1.82) is 0 Å². The standard InChI is InChI=1S/C19H23N5OS/c1-3-25-11-10-24(2)18-16-13-6-4-5-7-15(13)26-19(16)23-17(22-18)14-12-20-8-9-21-14/h8-9,12H,3-7,10-11H2,1-2H3. The third kappa shape index (κ3) is 3.29. The number of nitrogens with zero attached hydrogens (tertiary/aromatic N) is 5. The van der Waals surface area contributed by atoms with E-state index in [2.05, 4.69) is 21.9 Å². The van der Waals surface area contributed by atoms with E-state index in [1.54, 1.807) is 18.6 Å². The van der Waals surface area contributed by atoms with Gasteiger partial charge in [-0.1, -0.05) is 0 Å². The maximum absolute atomic E-state index is 5.54. The summed E-state index contributed by atoms with van der Waals surface area (Å²) in [7, 11) is 2.08. The zero-order chi connectivity index (χ0) is 17.9. The molecule has 4 rings (SSSR count). The molecule has 0 aromatic carbocycles. The van der Waals surface area contributed by atoms with Crippen molar-refractivity contribution in [2.45, 2.75) is 32.6 Å². The van der Waals surface area contributed by atoms with E-state index in [4.69, 9.17) is 14.7 Å². The fourth-order valence-electron chi connectivity index (χ4n) is 3.40. The summed E-state index contributed by atoms with van der Waals surface area (Å²) in [5.74, 6) is 1.62. The monoisotopic (exact) mass is 369 g/mol. The Kier molecular flexibility index (Phi) is 5.08. The molecule has 3 aromatic heterocycles. The molecule has 0 saturated heterocycles. The van der Waals surface area contributed by atoms with Gasteiger partial charge in [-0.15, -0.1) is 11.3 Å². The van der Waals surface area contributed by atoms with Crippen molar-refractivity contribution < 1.29 is 4.74 Å². The second-order valence-electron chi connectivity index (χ2n) is 6.47. The summed E-state index contributed by atoms with van der Waals surface area (Å²) < 4.78 is 5.54. The number of rotatable bonds is 6. The Balaban J connectivity index is 1.83. The number of aryl methyl sites for hydroxylation is 2. The lowest BCUT2D eigenvalue weighted by atomic mass is 9.97. The van der Waals surface area contributed by atoms with Crippen LogP contribution in [-0.2, 0) is 17.6 Å². The van der Waals surface area contributed by atoms with Crippen molar-refractivity contribution in [3.05, 3.63) is 29.0 Å². The molecule has 3 aromatic rings. The predicted molar refractivity (Wildman–Crippen MR) is 105 cm³/mol. The van der Waals surface area contributed by atoms with Crippen molar-refractivity contribution in [2.75, 3.05) is 31.7 Å². The number of likely N-dealkylation sites (N-methyl/N-ethyl adjacent to an activating group) is 1.